The average molecular weight is 271 g/mol. The van der Waals surface area contributed by atoms with Crippen LogP contribution in [0.4, 0.5) is 5.69 Å². The first-order valence-corrected chi connectivity index (χ1v) is 7.31. The Balaban J connectivity index is 1.54. The number of anilines is 1. The van der Waals surface area contributed by atoms with Crippen molar-refractivity contribution in [2.24, 2.45) is 0 Å². The fraction of sp³-hybridized carbons (Fsp3) is 0.438. The number of nitrogens with one attached hydrogen (secondary N) is 2. The van der Waals surface area contributed by atoms with Crippen molar-refractivity contribution >= 4 is 5.69 Å². The van der Waals surface area contributed by atoms with Crippen molar-refractivity contribution in [1.29, 1.82) is 0 Å². The molecule has 1 aromatic heterocycles. The van der Waals surface area contributed by atoms with Crippen LogP contribution >= 0.6 is 0 Å². The third kappa shape index (κ3) is 3.13. The van der Waals surface area contributed by atoms with E-state index in [9.17, 15) is 0 Å². The summed E-state index contributed by atoms with van der Waals surface area (Å²) in [5.41, 5.74) is 3.25. The molecule has 4 nitrogen and oxygen atoms in total. The number of benzene rings is 1. The van der Waals surface area contributed by atoms with E-state index < -0.39 is 0 Å². The quantitative estimate of drug-likeness (QED) is 0.872. The zero-order valence-electron chi connectivity index (χ0n) is 11.9. The van der Waals surface area contributed by atoms with Gasteiger partial charge in [0.25, 0.3) is 0 Å². The van der Waals surface area contributed by atoms with Gasteiger partial charge in [-0.3, -0.25) is 0 Å². The van der Waals surface area contributed by atoms with Gasteiger partial charge in [0.05, 0.1) is 24.7 Å². The van der Waals surface area contributed by atoms with Gasteiger partial charge in [0.1, 0.15) is 5.75 Å². The molecule has 1 heterocycles. The molecule has 1 saturated carbocycles. The van der Waals surface area contributed by atoms with Crippen LogP contribution in [0.3, 0.4) is 0 Å². The predicted octanol–water partition coefficient (Wildman–Crippen LogP) is 3.65. The van der Waals surface area contributed by atoms with Crippen LogP contribution in [-0.4, -0.2) is 16.1 Å². The first kappa shape index (κ1) is 13.0. The lowest BCUT2D eigenvalue weighted by Crippen LogP contribution is -2.10. The molecule has 20 heavy (non-hydrogen) atoms. The topological polar surface area (TPSA) is 49.9 Å². The molecule has 0 unspecified atom stereocenters. The monoisotopic (exact) mass is 271 g/mol. The van der Waals surface area contributed by atoms with E-state index in [1.807, 2.05) is 19.1 Å². The summed E-state index contributed by atoms with van der Waals surface area (Å²) >= 11 is 0. The standard InChI is InChI=1S/C16H21N3O/c1-12-16(19-11-18-12)10-17-13-6-8-15(9-7-13)20-14-4-2-3-5-14/h6-9,11,14,17H,2-5,10H2,1H3,(H,18,19). The minimum atomic E-state index is 0.417. The van der Waals surface area contributed by atoms with Crippen molar-refractivity contribution < 1.29 is 4.74 Å². The van der Waals surface area contributed by atoms with Gasteiger partial charge in [0.15, 0.2) is 0 Å². The van der Waals surface area contributed by atoms with Gasteiger partial charge < -0.3 is 15.0 Å². The fourth-order valence-electron chi connectivity index (χ4n) is 2.60. The summed E-state index contributed by atoms with van der Waals surface area (Å²) in [5.74, 6) is 0.971. The van der Waals surface area contributed by atoms with Crippen LogP contribution in [0.15, 0.2) is 30.6 Å². The molecule has 4 heteroatoms. The Morgan fingerprint density at radius 2 is 2.00 bits per heavy atom. The van der Waals surface area contributed by atoms with Crippen LogP contribution in [0.25, 0.3) is 0 Å². The summed E-state index contributed by atoms with van der Waals surface area (Å²) in [6, 6.07) is 8.20. The molecule has 2 aromatic rings. The van der Waals surface area contributed by atoms with Crippen LogP contribution in [-0.2, 0) is 6.54 Å². The Labute approximate surface area is 119 Å². The lowest BCUT2D eigenvalue weighted by atomic mass is 10.2. The zero-order chi connectivity index (χ0) is 13.8. The van der Waals surface area contributed by atoms with Gasteiger partial charge in [-0.25, -0.2) is 4.98 Å². The number of nitrogens with zero attached hydrogens (tertiary/aromatic N) is 1. The first-order chi connectivity index (χ1) is 9.81. The van der Waals surface area contributed by atoms with Crippen LogP contribution in [0, 0.1) is 6.92 Å². The predicted molar refractivity (Wildman–Crippen MR) is 80.0 cm³/mol. The van der Waals surface area contributed by atoms with Crippen molar-refractivity contribution in [3.05, 3.63) is 42.0 Å². The highest BCUT2D eigenvalue weighted by Gasteiger charge is 2.16. The Morgan fingerprint density at radius 3 is 2.65 bits per heavy atom. The van der Waals surface area contributed by atoms with Crippen molar-refractivity contribution in [2.75, 3.05) is 5.32 Å². The smallest absolute Gasteiger partial charge is 0.119 e. The number of imidazole rings is 1. The number of aryl methyl sites for hydroxylation is 1. The maximum absolute atomic E-state index is 5.95. The number of aromatic amines is 1. The number of ether oxygens (including phenoxy) is 1. The van der Waals surface area contributed by atoms with Crippen LogP contribution in [0.2, 0.25) is 0 Å². The molecular weight excluding hydrogens is 250 g/mol. The van der Waals surface area contributed by atoms with Crippen LogP contribution in [0.1, 0.15) is 37.1 Å². The van der Waals surface area contributed by atoms with Gasteiger partial charge in [0, 0.05) is 11.4 Å². The van der Waals surface area contributed by atoms with E-state index in [4.69, 9.17) is 4.74 Å². The third-order valence-corrected chi connectivity index (χ3v) is 3.85. The number of rotatable bonds is 5. The molecule has 0 bridgehead atoms. The summed E-state index contributed by atoms with van der Waals surface area (Å²) in [6.45, 7) is 2.76. The SMILES string of the molecule is Cc1[nH]cnc1CNc1ccc(OC2CCCC2)cc1. The molecule has 3 rings (SSSR count). The van der Waals surface area contributed by atoms with Crippen LogP contribution < -0.4 is 10.1 Å². The van der Waals surface area contributed by atoms with Crippen molar-refractivity contribution in [3.8, 4) is 5.75 Å². The zero-order valence-corrected chi connectivity index (χ0v) is 11.9. The maximum Gasteiger partial charge on any atom is 0.119 e. The van der Waals surface area contributed by atoms with E-state index in [2.05, 4.69) is 27.4 Å². The highest BCUT2D eigenvalue weighted by molar-refractivity contribution is 5.46. The molecule has 0 saturated heterocycles. The molecule has 0 amide bonds. The second kappa shape index (κ2) is 5.99. The molecule has 0 radical (unpaired) electrons. The highest BCUT2D eigenvalue weighted by Crippen LogP contribution is 2.25. The van der Waals surface area contributed by atoms with Gasteiger partial charge in [0.2, 0.25) is 0 Å². The summed E-state index contributed by atoms with van der Waals surface area (Å²) in [5, 5.41) is 3.37. The van der Waals surface area contributed by atoms with Gasteiger partial charge >= 0.3 is 0 Å². The largest absolute Gasteiger partial charge is 0.490 e. The molecule has 0 atom stereocenters. The third-order valence-electron chi connectivity index (χ3n) is 3.85. The summed E-state index contributed by atoms with van der Waals surface area (Å²) in [7, 11) is 0. The van der Waals surface area contributed by atoms with Gasteiger partial charge in [-0.05, 0) is 56.9 Å². The van der Waals surface area contributed by atoms with Crippen molar-refractivity contribution in [2.45, 2.75) is 45.3 Å². The first-order valence-electron chi connectivity index (χ1n) is 7.31. The van der Waals surface area contributed by atoms with Gasteiger partial charge in [-0.1, -0.05) is 0 Å². The summed E-state index contributed by atoms with van der Waals surface area (Å²) in [6.07, 6.45) is 7.13. The number of aromatic nitrogens is 2. The van der Waals surface area contributed by atoms with E-state index >= 15 is 0 Å². The van der Waals surface area contributed by atoms with Gasteiger partial charge in [-0.15, -0.1) is 0 Å². The summed E-state index contributed by atoms with van der Waals surface area (Å²) < 4.78 is 5.95. The molecule has 2 N–H and O–H groups in total. The molecular formula is C16H21N3O. The second-order valence-electron chi connectivity index (χ2n) is 5.38. The second-order valence-corrected chi connectivity index (χ2v) is 5.38. The Morgan fingerprint density at radius 1 is 1.25 bits per heavy atom. The Kier molecular flexibility index (Phi) is 3.90. The number of hydrogen-bond acceptors (Lipinski definition) is 3. The minimum Gasteiger partial charge on any atom is -0.490 e. The molecule has 1 aliphatic carbocycles. The summed E-state index contributed by atoms with van der Waals surface area (Å²) in [4.78, 5) is 7.36. The Hall–Kier alpha value is -1.97. The van der Waals surface area contributed by atoms with Gasteiger partial charge in [-0.2, -0.15) is 0 Å². The molecule has 0 spiro atoms. The molecule has 1 fully saturated rings. The molecule has 1 aromatic carbocycles. The average Bonchev–Trinajstić information content (AvgIpc) is 3.10. The van der Waals surface area contributed by atoms with E-state index in [1.54, 1.807) is 6.33 Å². The van der Waals surface area contributed by atoms with Crippen LogP contribution in [0.5, 0.6) is 5.75 Å². The van der Waals surface area contributed by atoms with E-state index in [0.29, 0.717) is 6.10 Å². The minimum absolute atomic E-state index is 0.417. The lowest BCUT2D eigenvalue weighted by molar-refractivity contribution is 0.210. The number of H-pyrrole nitrogens is 1. The Bertz CT molecular complexity index is 541. The molecule has 0 aliphatic heterocycles. The molecule has 106 valence electrons. The van der Waals surface area contributed by atoms with Crippen molar-refractivity contribution in [1.82, 2.24) is 9.97 Å². The lowest BCUT2D eigenvalue weighted by Gasteiger charge is -2.13. The highest BCUT2D eigenvalue weighted by atomic mass is 16.5. The molecule has 1 aliphatic rings. The maximum atomic E-state index is 5.95. The fourth-order valence-corrected chi connectivity index (χ4v) is 2.60. The van der Waals surface area contributed by atoms with E-state index in [-0.39, 0.29) is 0 Å². The normalized spacial score (nSPS) is 15.4. The van der Waals surface area contributed by atoms with Crippen molar-refractivity contribution in [3.63, 3.8) is 0 Å². The van der Waals surface area contributed by atoms with E-state index in [0.717, 1.165) is 29.4 Å². The number of hydrogen-bond donors (Lipinski definition) is 2. The van der Waals surface area contributed by atoms with E-state index in [1.165, 1.54) is 25.7 Å².